The van der Waals surface area contributed by atoms with E-state index in [0.29, 0.717) is 0 Å². The van der Waals surface area contributed by atoms with Crippen LogP contribution in [0.2, 0.25) is 20.1 Å². The first-order valence-corrected chi connectivity index (χ1v) is 15.5. The standard InChI is InChI=1S/C34H20Cl4N6O5/c1-15(29(39)45)27-25-19(37)11-17(35)13-21(25)43-33(27,23-7-3-5-9-41-23)31(47)49-32(48)34(24-8-4-6-10-42-24)28(16(2)30(40)46)26-20(38)12-18(36)14-22(26)44-34/h3-14H,1-2H2,(H2,39,45)(H2,40,46). The van der Waals surface area contributed by atoms with Crippen molar-refractivity contribution in [2.45, 2.75) is 11.1 Å². The van der Waals surface area contributed by atoms with Crippen LogP contribution in [0, 0.1) is 0 Å². The predicted molar refractivity (Wildman–Crippen MR) is 181 cm³/mol. The summed E-state index contributed by atoms with van der Waals surface area (Å²) in [5, 5.41) is 0.550. The number of primary amides is 2. The van der Waals surface area contributed by atoms with Crippen LogP contribution in [0.1, 0.15) is 11.4 Å². The van der Waals surface area contributed by atoms with Gasteiger partial charge in [0.2, 0.25) is 22.9 Å². The van der Waals surface area contributed by atoms with Gasteiger partial charge in [0.15, 0.2) is 0 Å². The summed E-state index contributed by atoms with van der Waals surface area (Å²) in [5.41, 5.74) is 5.26. The Bertz CT molecular complexity index is 2290. The molecule has 0 aliphatic carbocycles. The van der Waals surface area contributed by atoms with Crippen molar-refractivity contribution in [2.75, 3.05) is 0 Å². The lowest BCUT2D eigenvalue weighted by Gasteiger charge is -2.31. The Morgan fingerprint density at radius 2 is 1.02 bits per heavy atom. The molecule has 4 N–H and O–H groups in total. The van der Waals surface area contributed by atoms with Gasteiger partial charge >= 0.3 is 11.9 Å². The average Bonchev–Trinajstić information content (AvgIpc) is 3.60. The fourth-order valence-electron chi connectivity index (χ4n) is 5.87. The van der Waals surface area contributed by atoms with E-state index in [-0.39, 0.29) is 74.9 Å². The maximum Gasteiger partial charge on any atom is 0.352 e. The molecule has 0 saturated heterocycles. The van der Waals surface area contributed by atoms with E-state index in [9.17, 15) is 19.2 Å². The van der Waals surface area contributed by atoms with Gasteiger partial charge in [-0.1, -0.05) is 71.7 Å². The minimum Gasteiger partial charge on any atom is -0.388 e. The molecule has 2 amide bonds. The predicted octanol–water partition coefficient (Wildman–Crippen LogP) is 2.30. The molecule has 2 aliphatic heterocycles. The summed E-state index contributed by atoms with van der Waals surface area (Å²) in [6.07, 6.45) is 2.72. The Morgan fingerprint density at radius 1 is 0.633 bits per heavy atom. The maximum atomic E-state index is 14.8. The molecule has 6 rings (SSSR count). The number of nitrogens with zero attached hydrogens (tertiary/aromatic N) is 4. The normalized spacial score (nSPS) is 18.9. The number of fused-ring (bicyclic) bond motifs is 2. The van der Waals surface area contributed by atoms with E-state index in [1.165, 1.54) is 48.8 Å². The van der Waals surface area contributed by atoms with E-state index in [4.69, 9.17) is 62.6 Å². The average molecular weight is 734 g/mol. The third-order valence-corrected chi connectivity index (χ3v) is 8.95. The van der Waals surface area contributed by atoms with E-state index in [0.717, 1.165) is 0 Å². The van der Waals surface area contributed by atoms with Gasteiger partial charge in [-0.05, 0) is 48.5 Å². The number of aromatic nitrogens is 2. The Kier molecular flexibility index (Phi) is 8.49. The zero-order valence-electron chi connectivity index (χ0n) is 24.8. The molecule has 11 nitrogen and oxygen atoms in total. The van der Waals surface area contributed by atoms with Crippen molar-refractivity contribution in [3.63, 3.8) is 0 Å². The first kappa shape index (κ1) is 33.7. The van der Waals surface area contributed by atoms with Crippen LogP contribution in [-0.4, -0.2) is 33.7 Å². The quantitative estimate of drug-likeness (QED) is 0.158. The third kappa shape index (κ3) is 5.22. The van der Waals surface area contributed by atoms with E-state index in [1.807, 2.05) is 0 Å². The maximum absolute atomic E-state index is 14.8. The van der Waals surface area contributed by atoms with Gasteiger partial charge in [-0.15, -0.1) is 0 Å². The molecule has 15 heteroatoms. The lowest BCUT2D eigenvalue weighted by Crippen LogP contribution is -2.46. The largest absolute Gasteiger partial charge is 0.388 e. The molecule has 4 heterocycles. The van der Waals surface area contributed by atoms with Crippen LogP contribution in [0.3, 0.4) is 0 Å². The third-order valence-electron chi connectivity index (χ3n) is 7.91. The second-order valence-corrected chi connectivity index (χ2v) is 12.4. The molecule has 244 valence electrons. The molecule has 0 fully saturated rings. The molecule has 0 bridgehead atoms. The first-order chi connectivity index (χ1) is 23.2. The van der Waals surface area contributed by atoms with Gasteiger partial charge in [0.1, 0.15) is 0 Å². The number of carbonyl (C=O) groups excluding carboxylic acids is 4. The molecular formula is C34H20Cl4N6O5. The van der Waals surface area contributed by atoms with Gasteiger partial charge in [0.25, 0.3) is 0 Å². The van der Waals surface area contributed by atoms with Crippen molar-refractivity contribution in [1.82, 2.24) is 9.97 Å². The van der Waals surface area contributed by atoms with Crippen molar-refractivity contribution in [3.8, 4) is 0 Å². The van der Waals surface area contributed by atoms with Gasteiger partial charge in [-0.2, -0.15) is 0 Å². The van der Waals surface area contributed by atoms with E-state index >= 15 is 0 Å². The molecule has 2 aromatic heterocycles. The molecule has 0 saturated carbocycles. The highest BCUT2D eigenvalue weighted by Crippen LogP contribution is 2.44. The van der Waals surface area contributed by atoms with Gasteiger partial charge in [0.05, 0.1) is 32.1 Å². The van der Waals surface area contributed by atoms with Gasteiger partial charge in [-0.25, -0.2) is 9.59 Å². The van der Waals surface area contributed by atoms with Crippen molar-refractivity contribution >= 4 is 81.3 Å². The summed E-state index contributed by atoms with van der Waals surface area (Å²) in [5.74, 6) is -4.80. The summed E-state index contributed by atoms with van der Waals surface area (Å²) in [4.78, 5) is 73.0. The lowest BCUT2D eigenvalue weighted by molar-refractivity contribution is -0.165. The number of hydrogen-bond acceptors (Lipinski definition) is 9. The number of esters is 2. The van der Waals surface area contributed by atoms with Crippen LogP contribution in [-0.2, 0) is 35.0 Å². The number of hydrogen-bond donors (Lipinski definition) is 2. The number of nitrogens with two attached hydrogens (primary N) is 2. The van der Waals surface area contributed by atoms with Crippen LogP contribution >= 0.6 is 46.4 Å². The number of carbonyl (C=O) groups is 4. The highest BCUT2D eigenvalue weighted by Gasteiger charge is 2.57. The Morgan fingerprint density at radius 3 is 1.35 bits per heavy atom. The summed E-state index contributed by atoms with van der Waals surface area (Å²) >= 11 is 25.8. The lowest BCUT2D eigenvalue weighted by atomic mass is 9.81. The molecule has 4 aromatic rings. The van der Waals surface area contributed by atoms with Gasteiger partial charge in [-0.3, -0.25) is 29.5 Å². The number of benzene rings is 2. The first-order valence-electron chi connectivity index (χ1n) is 14.0. The van der Waals surface area contributed by atoms with Gasteiger partial charge in [0, 0.05) is 55.2 Å². The van der Waals surface area contributed by atoms with Crippen molar-refractivity contribution < 1.29 is 23.9 Å². The van der Waals surface area contributed by atoms with E-state index in [1.54, 1.807) is 24.3 Å². The van der Waals surface area contributed by atoms with Crippen LogP contribution < -0.4 is 32.6 Å². The smallest absolute Gasteiger partial charge is 0.352 e. The minimum absolute atomic E-state index is 0.00771. The SMILES string of the molecule is C=C(C(N)=O)C1=c2c(Cl)cc(Cl)cc2=NC1(C(=O)OC(=O)C1(c2ccccn2)N=c2cc(Cl)cc(Cl)c2=C1C(=C)C(N)=O)c1ccccn1. The van der Waals surface area contributed by atoms with Crippen LogP contribution in [0.15, 0.2) is 107 Å². The zero-order valence-corrected chi connectivity index (χ0v) is 27.9. The molecule has 2 atom stereocenters. The number of amides is 2. The minimum atomic E-state index is -2.39. The second-order valence-electron chi connectivity index (χ2n) is 10.8. The molecule has 0 radical (unpaired) electrons. The highest BCUT2D eigenvalue weighted by molar-refractivity contribution is 6.36. The van der Waals surface area contributed by atoms with E-state index < -0.39 is 34.8 Å². The van der Waals surface area contributed by atoms with E-state index in [2.05, 4.69) is 33.1 Å². The van der Waals surface area contributed by atoms with Gasteiger partial charge < -0.3 is 16.2 Å². The molecule has 49 heavy (non-hydrogen) atoms. The van der Waals surface area contributed by atoms with Crippen LogP contribution in [0.5, 0.6) is 0 Å². The zero-order chi connectivity index (χ0) is 35.4. The van der Waals surface area contributed by atoms with Crippen LogP contribution in [0.4, 0.5) is 0 Å². The molecule has 0 spiro atoms. The molecule has 2 unspecified atom stereocenters. The summed E-state index contributed by atoms with van der Waals surface area (Å²) in [6, 6.07) is 14.6. The Balaban J connectivity index is 1.65. The van der Waals surface area contributed by atoms with Crippen molar-refractivity contribution in [3.05, 3.63) is 150 Å². The molecule has 2 aromatic carbocycles. The Labute approximate surface area is 296 Å². The number of pyridine rings is 2. The Hall–Kier alpha value is -5.20. The summed E-state index contributed by atoms with van der Waals surface area (Å²) < 4.78 is 5.73. The van der Waals surface area contributed by atoms with Crippen molar-refractivity contribution in [1.29, 1.82) is 0 Å². The fourth-order valence-corrected chi connectivity index (χ4v) is 7.03. The second kappa shape index (κ2) is 12.4. The number of rotatable bonds is 8. The topological polar surface area (TPSA) is 180 Å². The van der Waals surface area contributed by atoms with Crippen LogP contribution in [0.25, 0.3) is 11.1 Å². The monoisotopic (exact) mass is 732 g/mol. The summed E-state index contributed by atoms with van der Waals surface area (Å²) in [6.45, 7) is 7.63. The summed E-state index contributed by atoms with van der Waals surface area (Å²) in [7, 11) is 0. The fraction of sp³-hybridized carbons (Fsp3) is 0.0588. The molecular weight excluding hydrogens is 714 g/mol. The van der Waals surface area contributed by atoms with Crippen molar-refractivity contribution in [2.24, 2.45) is 21.5 Å². The molecule has 2 aliphatic rings. The number of halogens is 4. The highest BCUT2D eigenvalue weighted by atomic mass is 35.5. The number of ether oxygens (including phenoxy) is 1.